The lowest BCUT2D eigenvalue weighted by atomic mass is 10.1. The SMILES string of the molecule is Cc1ccc(CN(C)CCC2CNCCN2C)cc1. The minimum absolute atomic E-state index is 0.689. The van der Waals surface area contributed by atoms with E-state index in [9.17, 15) is 0 Å². The van der Waals surface area contributed by atoms with Crippen LogP contribution in [0.1, 0.15) is 17.5 Å². The summed E-state index contributed by atoms with van der Waals surface area (Å²) in [6.07, 6.45) is 1.24. The summed E-state index contributed by atoms with van der Waals surface area (Å²) >= 11 is 0. The molecule has 1 unspecified atom stereocenters. The number of likely N-dealkylation sites (N-methyl/N-ethyl adjacent to an activating group) is 1. The third kappa shape index (κ3) is 4.60. The van der Waals surface area contributed by atoms with E-state index < -0.39 is 0 Å². The monoisotopic (exact) mass is 261 g/mol. The van der Waals surface area contributed by atoms with Crippen molar-refractivity contribution in [2.45, 2.75) is 25.9 Å². The van der Waals surface area contributed by atoms with Gasteiger partial charge in [-0.25, -0.2) is 0 Å². The second kappa shape index (κ2) is 7.04. The lowest BCUT2D eigenvalue weighted by Gasteiger charge is -2.34. The van der Waals surface area contributed by atoms with Crippen LogP contribution in [0.5, 0.6) is 0 Å². The predicted octanol–water partition coefficient (Wildman–Crippen LogP) is 1.72. The average Bonchev–Trinajstić information content (AvgIpc) is 2.40. The number of piperazine rings is 1. The largest absolute Gasteiger partial charge is 0.314 e. The summed E-state index contributed by atoms with van der Waals surface area (Å²) in [7, 11) is 4.46. The number of rotatable bonds is 5. The molecule has 19 heavy (non-hydrogen) atoms. The van der Waals surface area contributed by atoms with Crippen LogP contribution in [0.4, 0.5) is 0 Å². The van der Waals surface area contributed by atoms with E-state index in [1.54, 1.807) is 0 Å². The summed E-state index contributed by atoms with van der Waals surface area (Å²) in [5.41, 5.74) is 2.74. The molecule has 0 aromatic heterocycles. The van der Waals surface area contributed by atoms with Crippen molar-refractivity contribution < 1.29 is 0 Å². The molecular formula is C16H27N3. The first-order valence-electron chi connectivity index (χ1n) is 7.30. The summed E-state index contributed by atoms with van der Waals surface area (Å²) < 4.78 is 0. The Balaban J connectivity index is 1.74. The van der Waals surface area contributed by atoms with Crippen LogP contribution < -0.4 is 5.32 Å². The Morgan fingerprint density at radius 3 is 2.74 bits per heavy atom. The van der Waals surface area contributed by atoms with Crippen molar-refractivity contribution in [2.75, 3.05) is 40.3 Å². The first-order valence-corrected chi connectivity index (χ1v) is 7.30. The van der Waals surface area contributed by atoms with E-state index in [2.05, 4.69) is 60.4 Å². The molecule has 1 N–H and O–H groups in total. The summed E-state index contributed by atoms with van der Waals surface area (Å²) in [6.45, 7) is 7.78. The highest BCUT2D eigenvalue weighted by atomic mass is 15.2. The quantitative estimate of drug-likeness (QED) is 0.871. The molecule has 106 valence electrons. The van der Waals surface area contributed by atoms with Gasteiger partial charge in [-0.3, -0.25) is 0 Å². The topological polar surface area (TPSA) is 18.5 Å². The van der Waals surface area contributed by atoms with Crippen molar-refractivity contribution in [1.29, 1.82) is 0 Å². The Kier molecular flexibility index (Phi) is 5.37. The summed E-state index contributed by atoms with van der Waals surface area (Å²) in [5, 5.41) is 3.48. The number of hydrogen-bond donors (Lipinski definition) is 1. The zero-order chi connectivity index (χ0) is 13.7. The van der Waals surface area contributed by atoms with Gasteiger partial charge < -0.3 is 15.1 Å². The predicted molar refractivity (Wildman–Crippen MR) is 81.4 cm³/mol. The molecule has 1 aliphatic heterocycles. The second-order valence-electron chi connectivity index (χ2n) is 5.85. The minimum atomic E-state index is 0.689. The van der Waals surface area contributed by atoms with Crippen LogP contribution in [0.25, 0.3) is 0 Å². The third-order valence-corrected chi connectivity index (χ3v) is 4.06. The van der Waals surface area contributed by atoms with E-state index in [-0.39, 0.29) is 0 Å². The molecule has 0 spiro atoms. The van der Waals surface area contributed by atoms with Crippen LogP contribution in [0.3, 0.4) is 0 Å². The van der Waals surface area contributed by atoms with Crippen LogP contribution in [0.2, 0.25) is 0 Å². The molecule has 0 radical (unpaired) electrons. The van der Waals surface area contributed by atoms with Crippen molar-refractivity contribution >= 4 is 0 Å². The normalized spacial score (nSPS) is 20.9. The third-order valence-electron chi connectivity index (χ3n) is 4.06. The number of nitrogens with one attached hydrogen (secondary N) is 1. The molecule has 0 bridgehead atoms. The van der Waals surface area contributed by atoms with Crippen molar-refractivity contribution in [1.82, 2.24) is 15.1 Å². The second-order valence-corrected chi connectivity index (χ2v) is 5.85. The van der Waals surface area contributed by atoms with Crippen LogP contribution >= 0.6 is 0 Å². The number of nitrogens with zero attached hydrogens (tertiary/aromatic N) is 2. The first-order chi connectivity index (χ1) is 9.15. The van der Waals surface area contributed by atoms with Gasteiger partial charge in [0.15, 0.2) is 0 Å². The lowest BCUT2D eigenvalue weighted by molar-refractivity contribution is 0.171. The number of hydrogen-bond acceptors (Lipinski definition) is 3. The van der Waals surface area contributed by atoms with E-state index in [1.807, 2.05) is 0 Å². The maximum atomic E-state index is 3.48. The zero-order valence-electron chi connectivity index (χ0n) is 12.5. The van der Waals surface area contributed by atoms with Gasteiger partial charge in [-0.05, 0) is 39.5 Å². The maximum absolute atomic E-state index is 3.48. The first kappa shape index (κ1) is 14.5. The Hall–Kier alpha value is -0.900. The van der Waals surface area contributed by atoms with Crippen molar-refractivity contribution in [3.63, 3.8) is 0 Å². The highest BCUT2D eigenvalue weighted by Crippen LogP contribution is 2.09. The molecule has 0 amide bonds. The van der Waals surface area contributed by atoms with E-state index in [0.29, 0.717) is 6.04 Å². The smallest absolute Gasteiger partial charge is 0.0230 e. The molecule has 3 nitrogen and oxygen atoms in total. The number of aryl methyl sites for hydroxylation is 1. The summed E-state index contributed by atoms with van der Waals surface area (Å²) in [4.78, 5) is 4.91. The van der Waals surface area contributed by atoms with Crippen molar-refractivity contribution in [2.24, 2.45) is 0 Å². The highest BCUT2D eigenvalue weighted by molar-refractivity contribution is 5.21. The molecule has 0 aliphatic carbocycles. The van der Waals surface area contributed by atoms with E-state index in [4.69, 9.17) is 0 Å². The van der Waals surface area contributed by atoms with Crippen molar-refractivity contribution in [3.8, 4) is 0 Å². The van der Waals surface area contributed by atoms with Gasteiger partial charge in [-0.1, -0.05) is 29.8 Å². The van der Waals surface area contributed by atoms with Gasteiger partial charge in [0.05, 0.1) is 0 Å². The van der Waals surface area contributed by atoms with E-state index in [1.165, 1.54) is 24.1 Å². The molecule has 1 atom stereocenters. The Morgan fingerprint density at radius 2 is 2.05 bits per heavy atom. The standard InChI is InChI=1S/C16H27N3/c1-14-4-6-15(7-5-14)13-18(2)10-8-16-12-17-9-11-19(16)3/h4-7,16-17H,8-13H2,1-3H3. The van der Waals surface area contributed by atoms with E-state index in [0.717, 1.165) is 26.2 Å². The van der Waals surface area contributed by atoms with Gasteiger partial charge in [0.1, 0.15) is 0 Å². The Morgan fingerprint density at radius 1 is 1.32 bits per heavy atom. The zero-order valence-corrected chi connectivity index (χ0v) is 12.5. The Labute approximate surface area is 117 Å². The fourth-order valence-electron chi connectivity index (χ4n) is 2.64. The fraction of sp³-hybridized carbons (Fsp3) is 0.625. The van der Waals surface area contributed by atoms with Gasteiger partial charge in [-0.15, -0.1) is 0 Å². The molecular weight excluding hydrogens is 234 g/mol. The van der Waals surface area contributed by atoms with Gasteiger partial charge in [0.25, 0.3) is 0 Å². The van der Waals surface area contributed by atoms with E-state index >= 15 is 0 Å². The molecule has 1 aliphatic rings. The van der Waals surface area contributed by atoms with Gasteiger partial charge in [0.2, 0.25) is 0 Å². The fourth-order valence-corrected chi connectivity index (χ4v) is 2.64. The molecule has 1 fully saturated rings. The van der Waals surface area contributed by atoms with Gasteiger partial charge in [0, 0.05) is 32.2 Å². The molecule has 1 aromatic rings. The summed E-state index contributed by atoms with van der Waals surface area (Å²) in [6, 6.07) is 9.55. The number of benzene rings is 1. The van der Waals surface area contributed by atoms with Crippen LogP contribution in [0, 0.1) is 6.92 Å². The van der Waals surface area contributed by atoms with Crippen molar-refractivity contribution in [3.05, 3.63) is 35.4 Å². The van der Waals surface area contributed by atoms with Crippen LogP contribution in [-0.4, -0.2) is 56.1 Å². The summed E-state index contributed by atoms with van der Waals surface area (Å²) in [5.74, 6) is 0. The Bertz CT molecular complexity index is 374. The van der Waals surface area contributed by atoms with Crippen LogP contribution in [-0.2, 0) is 6.54 Å². The van der Waals surface area contributed by atoms with Gasteiger partial charge >= 0.3 is 0 Å². The molecule has 0 saturated carbocycles. The molecule has 2 rings (SSSR count). The maximum Gasteiger partial charge on any atom is 0.0230 e. The average molecular weight is 261 g/mol. The molecule has 1 saturated heterocycles. The highest BCUT2D eigenvalue weighted by Gasteiger charge is 2.18. The minimum Gasteiger partial charge on any atom is -0.314 e. The molecule has 1 aromatic carbocycles. The molecule has 1 heterocycles. The van der Waals surface area contributed by atoms with Crippen LogP contribution in [0.15, 0.2) is 24.3 Å². The lowest BCUT2D eigenvalue weighted by Crippen LogP contribution is -2.50. The molecule has 3 heteroatoms. The van der Waals surface area contributed by atoms with Gasteiger partial charge in [-0.2, -0.15) is 0 Å².